The van der Waals surface area contributed by atoms with E-state index in [4.69, 9.17) is 23.2 Å². The standard InChI is InChI=1S/C17H8Cl2F3NO3/c18-9-3-6-11(12(19)7-9)13-14(24)16(26)23(15(13)25)10-4-1-8(2-5-10)17(20,21)22/h1-7,24H. The summed E-state index contributed by atoms with van der Waals surface area (Å²) >= 11 is 11.8. The van der Waals surface area contributed by atoms with Gasteiger partial charge in [0.1, 0.15) is 0 Å². The van der Waals surface area contributed by atoms with Crippen LogP contribution in [0.4, 0.5) is 18.9 Å². The lowest BCUT2D eigenvalue weighted by Gasteiger charge is -2.16. The Labute approximate surface area is 155 Å². The number of aliphatic hydroxyl groups excluding tert-OH is 1. The lowest BCUT2D eigenvalue weighted by molar-refractivity contribution is -0.137. The fourth-order valence-corrected chi connectivity index (χ4v) is 2.99. The number of alkyl halides is 3. The topological polar surface area (TPSA) is 57.6 Å². The first-order valence-corrected chi connectivity index (χ1v) is 7.81. The highest BCUT2D eigenvalue weighted by Crippen LogP contribution is 2.37. The van der Waals surface area contributed by atoms with Crippen molar-refractivity contribution in [2.45, 2.75) is 6.18 Å². The van der Waals surface area contributed by atoms with E-state index in [1.165, 1.54) is 18.2 Å². The molecule has 1 N–H and O–H groups in total. The van der Waals surface area contributed by atoms with Gasteiger partial charge in [-0.3, -0.25) is 9.59 Å². The van der Waals surface area contributed by atoms with Crippen LogP contribution in [0.1, 0.15) is 11.1 Å². The van der Waals surface area contributed by atoms with Crippen LogP contribution in [0.2, 0.25) is 10.0 Å². The van der Waals surface area contributed by atoms with Crippen LogP contribution in [0.5, 0.6) is 0 Å². The van der Waals surface area contributed by atoms with Crippen molar-refractivity contribution in [2.24, 2.45) is 0 Å². The van der Waals surface area contributed by atoms with E-state index in [0.717, 1.165) is 24.3 Å². The van der Waals surface area contributed by atoms with Crippen molar-refractivity contribution in [3.63, 3.8) is 0 Å². The van der Waals surface area contributed by atoms with Gasteiger partial charge in [0.2, 0.25) is 0 Å². The van der Waals surface area contributed by atoms with Crippen molar-refractivity contribution in [1.29, 1.82) is 0 Å². The first-order chi connectivity index (χ1) is 12.1. The second-order valence-corrected chi connectivity index (χ2v) is 6.18. The quantitative estimate of drug-likeness (QED) is 0.731. The second-order valence-electron chi connectivity index (χ2n) is 5.34. The van der Waals surface area contributed by atoms with E-state index < -0.39 is 29.3 Å². The van der Waals surface area contributed by atoms with Crippen molar-refractivity contribution in [3.8, 4) is 0 Å². The van der Waals surface area contributed by atoms with E-state index >= 15 is 0 Å². The van der Waals surface area contributed by atoms with Gasteiger partial charge in [0.25, 0.3) is 5.91 Å². The Kier molecular flexibility index (Phi) is 4.46. The highest BCUT2D eigenvalue weighted by molar-refractivity contribution is 6.47. The second kappa shape index (κ2) is 6.34. The Morgan fingerprint density at radius 2 is 1.54 bits per heavy atom. The van der Waals surface area contributed by atoms with Crippen molar-refractivity contribution in [2.75, 3.05) is 4.90 Å². The molecule has 0 aliphatic carbocycles. The molecule has 0 saturated heterocycles. The summed E-state index contributed by atoms with van der Waals surface area (Å²) in [5.74, 6) is -2.81. The Morgan fingerprint density at radius 1 is 0.923 bits per heavy atom. The number of nitrogens with zero attached hydrogens (tertiary/aromatic N) is 1. The zero-order valence-electron chi connectivity index (χ0n) is 12.6. The van der Waals surface area contributed by atoms with E-state index in [2.05, 4.69) is 0 Å². The summed E-state index contributed by atoms with van der Waals surface area (Å²) in [6.45, 7) is 0. The number of hydrogen-bond donors (Lipinski definition) is 1. The fraction of sp³-hybridized carbons (Fsp3) is 0.0588. The molecule has 26 heavy (non-hydrogen) atoms. The van der Waals surface area contributed by atoms with E-state index in [0.29, 0.717) is 4.90 Å². The maximum atomic E-state index is 12.7. The Morgan fingerprint density at radius 3 is 2.08 bits per heavy atom. The van der Waals surface area contributed by atoms with Gasteiger partial charge in [-0.05, 0) is 36.4 Å². The molecule has 2 aromatic carbocycles. The molecular formula is C17H8Cl2F3NO3. The van der Waals surface area contributed by atoms with Gasteiger partial charge in [0.15, 0.2) is 5.76 Å². The first-order valence-electron chi connectivity index (χ1n) is 7.06. The number of rotatable bonds is 2. The Bertz CT molecular complexity index is 953. The van der Waals surface area contributed by atoms with Crippen LogP contribution < -0.4 is 4.90 Å². The average Bonchev–Trinajstić information content (AvgIpc) is 2.77. The third kappa shape index (κ3) is 3.04. The molecule has 2 amide bonds. The van der Waals surface area contributed by atoms with Gasteiger partial charge in [0.05, 0.1) is 21.8 Å². The number of benzene rings is 2. The molecule has 1 aliphatic rings. The largest absolute Gasteiger partial charge is 0.502 e. The van der Waals surface area contributed by atoms with Gasteiger partial charge in [-0.1, -0.05) is 29.3 Å². The number of anilines is 1. The molecule has 0 unspecified atom stereocenters. The van der Waals surface area contributed by atoms with E-state index in [1.54, 1.807) is 0 Å². The highest BCUT2D eigenvalue weighted by atomic mass is 35.5. The molecule has 0 bridgehead atoms. The zero-order chi connectivity index (χ0) is 19.2. The van der Waals surface area contributed by atoms with Crippen molar-refractivity contribution < 1.29 is 27.9 Å². The number of hydrogen-bond acceptors (Lipinski definition) is 3. The minimum Gasteiger partial charge on any atom is -0.502 e. The number of aliphatic hydroxyl groups is 1. The molecule has 0 radical (unpaired) electrons. The Hall–Kier alpha value is -2.51. The number of imide groups is 1. The maximum Gasteiger partial charge on any atom is 0.416 e. The number of halogens is 5. The first kappa shape index (κ1) is 18.3. The number of carbonyl (C=O) groups excluding carboxylic acids is 2. The zero-order valence-corrected chi connectivity index (χ0v) is 14.2. The third-order valence-electron chi connectivity index (χ3n) is 3.71. The molecule has 0 saturated carbocycles. The average molecular weight is 402 g/mol. The molecule has 1 aliphatic heterocycles. The molecule has 0 fully saturated rings. The smallest absolute Gasteiger partial charge is 0.416 e. The van der Waals surface area contributed by atoms with E-state index in [1.807, 2.05) is 0 Å². The van der Waals surface area contributed by atoms with Gasteiger partial charge < -0.3 is 5.11 Å². The van der Waals surface area contributed by atoms with Gasteiger partial charge in [-0.25, -0.2) is 4.90 Å². The van der Waals surface area contributed by atoms with Crippen molar-refractivity contribution in [1.82, 2.24) is 0 Å². The fourth-order valence-electron chi connectivity index (χ4n) is 2.49. The molecule has 0 spiro atoms. The predicted molar refractivity (Wildman–Crippen MR) is 89.9 cm³/mol. The van der Waals surface area contributed by atoms with E-state index in [9.17, 15) is 27.9 Å². The monoisotopic (exact) mass is 401 g/mol. The highest BCUT2D eigenvalue weighted by Gasteiger charge is 2.41. The number of carbonyl (C=O) groups is 2. The van der Waals surface area contributed by atoms with Crippen molar-refractivity contribution >= 4 is 46.3 Å². The predicted octanol–water partition coefficient (Wildman–Crippen LogP) is 4.85. The lowest BCUT2D eigenvalue weighted by Crippen LogP contribution is -2.31. The summed E-state index contributed by atoms with van der Waals surface area (Å²) in [6, 6.07) is 7.52. The molecule has 134 valence electrons. The summed E-state index contributed by atoms with van der Waals surface area (Å²) in [5, 5.41) is 10.4. The van der Waals surface area contributed by atoms with Crippen LogP contribution in [0.3, 0.4) is 0 Å². The molecule has 4 nitrogen and oxygen atoms in total. The third-order valence-corrected chi connectivity index (χ3v) is 4.26. The molecule has 1 heterocycles. The van der Waals surface area contributed by atoms with Crippen LogP contribution in [0, 0.1) is 0 Å². The van der Waals surface area contributed by atoms with Gasteiger partial charge >= 0.3 is 12.1 Å². The summed E-state index contributed by atoms with van der Waals surface area (Å²) in [4.78, 5) is 25.5. The van der Waals surface area contributed by atoms with Crippen LogP contribution in [-0.2, 0) is 15.8 Å². The van der Waals surface area contributed by atoms with Gasteiger partial charge in [-0.2, -0.15) is 13.2 Å². The van der Waals surface area contributed by atoms with Crippen LogP contribution in [0.25, 0.3) is 5.57 Å². The minimum atomic E-state index is -4.56. The molecule has 3 rings (SSSR count). The van der Waals surface area contributed by atoms with Gasteiger partial charge in [-0.15, -0.1) is 0 Å². The summed E-state index contributed by atoms with van der Waals surface area (Å²) in [7, 11) is 0. The molecule has 0 atom stereocenters. The van der Waals surface area contributed by atoms with Gasteiger partial charge in [0, 0.05) is 10.6 Å². The van der Waals surface area contributed by atoms with Crippen LogP contribution in [-0.4, -0.2) is 16.9 Å². The Balaban J connectivity index is 2.01. The van der Waals surface area contributed by atoms with Crippen LogP contribution in [0.15, 0.2) is 48.2 Å². The van der Waals surface area contributed by atoms with Crippen molar-refractivity contribution in [3.05, 3.63) is 69.4 Å². The summed E-state index contributed by atoms with van der Waals surface area (Å²) in [6.07, 6.45) is -4.56. The normalized spacial score (nSPS) is 15.2. The molecular weight excluding hydrogens is 394 g/mol. The molecule has 9 heteroatoms. The minimum absolute atomic E-state index is 0.0365. The molecule has 0 aromatic heterocycles. The van der Waals surface area contributed by atoms with E-state index in [-0.39, 0.29) is 26.9 Å². The maximum absolute atomic E-state index is 12.7. The number of amides is 2. The summed E-state index contributed by atoms with van der Waals surface area (Å²) < 4.78 is 38.0. The molecule has 2 aromatic rings. The lowest BCUT2D eigenvalue weighted by atomic mass is 10.1. The summed E-state index contributed by atoms with van der Waals surface area (Å²) in [5.41, 5.74) is -1.31. The van der Waals surface area contributed by atoms with Crippen LogP contribution >= 0.6 is 23.2 Å². The SMILES string of the molecule is O=C1C(O)=C(c2ccc(Cl)cc2Cl)C(=O)N1c1ccc(C(F)(F)F)cc1.